The van der Waals surface area contributed by atoms with Gasteiger partial charge < -0.3 is 10.6 Å². The third-order valence-corrected chi connectivity index (χ3v) is 1.14. The van der Waals surface area contributed by atoms with E-state index in [0.29, 0.717) is 12.4 Å². The zero-order valence-electron chi connectivity index (χ0n) is 6.56. The van der Waals surface area contributed by atoms with Gasteiger partial charge in [0.1, 0.15) is 0 Å². The molecule has 0 spiro atoms. The van der Waals surface area contributed by atoms with Crippen molar-refractivity contribution in [2.45, 2.75) is 13.3 Å². The van der Waals surface area contributed by atoms with Crippen molar-refractivity contribution in [2.24, 2.45) is 0 Å². The second kappa shape index (κ2) is 7.41. The van der Waals surface area contributed by atoms with Crippen LogP contribution in [0.15, 0.2) is 12.3 Å². The quantitative estimate of drug-likeness (QED) is 0.626. The molecule has 0 saturated carbocycles. The molecule has 4 heteroatoms. The largest absolute Gasteiger partial charge is 0.337 e. The van der Waals surface area contributed by atoms with Crippen LogP contribution in [0.4, 0.5) is 4.79 Å². The van der Waals surface area contributed by atoms with Crippen molar-refractivity contribution in [3.63, 3.8) is 0 Å². The van der Waals surface area contributed by atoms with Crippen LogP contribution in [0.1, 0.15) is 13.3 Å². The molecule has 0 heterocycles. The highest BCUT2D eigenvalue weighted by molar-refractivity contribution is 6.18. The summed E-state index contributed by atoms with van der Waals surface area (Å²) in [4.78, 5) is 10.7. The Bertz CT molecular complexity index is 136. The normalized spacial score (nSPS) is 10.0. The summed E-state index contributed by atoms with van der Waals surface area (Å²) >= 11 is 5.35. The van der Waals surface area contributed by atoms with Crippen molar-refractivity contribution in [3.8, 4) is 0 Å². The molecule has 64 valence electrons. The maximum absolute atomic E-state index is 10.7. The molecule has 2 N–H and O–H groups in total. The predicted octanol–water partition coefficient (Wildman–Crippen LogP) is 1.45. The first-order valence-electron chi connectivity index (χ1n) is 3.56. The summed E-state index contributed by atoms with van der Waals surface area (Å²) < 4.78 is 0. The predicted molar refractivity (Wildman–Crippen MR) is 46.7 cm³/mol. The fourth-order valence-electron chi connectivity index (χ4n) is 0.464. The molecule has 0 aromatic rings. The zero-order valence-corrected chi connectivity index (χ0v) is 7.32. The van der Waals surface area contributed by atoms with Gasteiger partial charge in [-0.1, -0.05) is 13.0 Å². The molecule has 2 amide bonds. The smallest absolute Gasteiger partial charge is 0.318 e. The second-order valence-corrected chi connectivity index (χ2v) is 2.28. The fraction of sp³-hybridized carbons (Fsp3) is 0.571. The van der Waals surface area contributed by atoms with E-state index >= 15 is 0 Å². The number of halogens is 1. The molecule has 0 aliphatic heterocycles. The number of carbonyl (C=O) groups excluding carboxylic acids is 1. The summed E-state index contributed by atoms with van der Waals surface area (Å²) in [5.41, 5.74) is 0. The molecular weight excluding hydrogens is 164 g/mol. The molecule has 0 aromatic heterocycles. The minimum Gasteiger partial charge on any atom is -0.337 e. The van der Waals surface area contributed by atoms with Gasteiger partial charge in [-0.3, -0.25) is 0 Å². The van der Waals surface area contributed by atoms with Crippen LogP contribution in [0.3, 0.4) is 0 Å². The van der Waals surface area contributed by atoms with Crippen LogP contribution < -0.4 is 10.6 Å². The Kier molecular flexibility index (Phi) is 6.94. The lowest BCUT2D eigenvalue weighted by molar-refractivity contribution is 0.244. The molecule has 0 bridgehead atoms. The van der Waals surface area contributed by atoms with Crippen molar-refractivity contribution in [1.82, 2.24) is 10.6 Å². The Labute approximate surface area is 71.8 Å². The Hall–Kier alpha value is -0.700. The molecule has 0 rings (SSSR count). The number of urea groups is 1. The lowest BCUT2D eigenvalue weighted by Gasteiger charge is -2.00. The van der Waals surface area contributed by atoms with E-state index in [1.807, 2.05) is 13.0 Å². The van der Waals surface area contributed by atoms with E-state index in [1.165, 1.54) is 0 Å². The van der Waals surface area contributed by atoms with Crippen LogP contribution in [0.5, 0.6) is 0 Å². The van der Waals surface area contributed by atoms with E-state index in [1.54, 1.807) is 6.20 Å². The number of allylic oxidation sites excluding steroid dienone is 1. The van der Waals surface area contributed by atoms with Crippen molar-refractivity contribution in [1.29, 1.82) is 0 Å². The summed E-state index contributed by atoms with van der Waals surface area (Å²) in [7, 11) is 0. The first-order chi connectivity index (χ1) is 5.31. The average molecular weight is 177 g/mol. The topological polar surface area (TPSA) is 41.1 Å². The molecule has 0 saturated heterocycles. The number of rotatable bonds is 4. The highest BCUT2D eigenvalue weighted by Gasteiger charge is 1.92. The highest BCUT2D eigenvalue weighted by atomic mass is 35.5. The minimum atomic E-state index is -0.213. The van der Waals surface area contributed by atoms with E-state index in [2.05, 4.69) is 10.6 Å². The summed E-state index contributed by atoms with van der Waals surface area (Å²) in [5.74, 6) is 0.435. The zero-order chi connectivity index (χ0) is 8.53. The van der Waals surface area contributed by atoms with Crippen molar-refractivity contribution in [2.75, 3.05) is 12.4 Å². The van der Waals surface area contributed by atoms with E-state index < -0.39 is 0 Å². The van der Waals surface area contributed by atoms with Gasteiger partial charge in [0.15, 0.2) is 0 Å². The Morgan fingerprint density at radius 3 is 2.91 bits per heavy atom. The number of amides is 2. The van der Waals surface area contributed by atoms with Gasteiger partial charge in [-0.05, 0) is 6.42 Å². The maximum atomic E-state index is 10.7. The van der Waals surface area contributed by atoms with Crippen LogP contribution in [-0.2, 0) is 0 Å². The monoisotopic (exact) mass is 176 g/mol. The van der Waals surface area contributed by atoms with E-state index in [-0.39, 0.29) is 6.03 Å². The molecular formula is C7H13ClN2O. The van der Waals surface area contributed by atoms with Gasteiger partial charge in [-0.25, -0.2) is 4.79 Å². The Morgan fingerprint density at radius 1 is 1.64 bits per heavy atom. The number of carbonyl (C=O) groups is 1. The molecule has 3 nitrogen and oxygen atoms in total. The number of nitrogens with one attached hydrogen (secondary N) is 2. The van der Waals surface area contributed by atoms with Crippen molar-refractivity contribution < 1.29 is 4.79 Å². The van der Waals surface area contributed by atoms with Gasteiger partial charge in [0.05, 0.1) is 0 Å². The van der Waals surface area contributed by atoms with Gasteiger partial charge >= 0.3 is 6.03 Å². The average Bonchev–Trinajstić information content (AvgIpc) is 2.01. The van der Waals surface area contributed by atoms with Gasteiger partial charge in [0.2, 0.25) is 0 Å². The van der Waals surface area contributed by atoms with Gasteiger partial charge in [-0.2, -0.15) is 0 Å². The first-order valence-corrected chi connectivity index (χ1v) is 4.10. The standard InChI is InChI=1S/C7H13ClN2O/c1-2-3-5-9-7(11)10-6-4-8/h3,5H,2,4,6H2,1H3,(H2,9,10,11)/b5-3+. The SMILES string of the molecule is CC/C=C/NC(=O)NCCCl. The van der Waals surface area contributed by atoms with Crippen LogP contribution >= 0.6 is 11.6 Å². The summed E-state index contributed by atoms with van der Waals surface area (Å²) in [5, 5.41) is 5.09. The van der Waals surface area contributed by atoms with Crippen molar-refractivity contribution in [3.05, 3.63) is 12.3 Å². The molecule has 11 heavy (non-hydrogen) atoms. The Morgan fingerprint density at radius 2 is 2.36 bits per heavy atom. The van der Waals surface area contributed by atoms with E-state index in [4.69, 9.17) is 11.6 Å². The third kappa shape index (κ3) is 7.19. The minimum absolute atomic E-state index is 0.213. The molecule has 0 unspecified atom stereocenters. The molecule has 0 aliphatic carbocycles. The van der Waals surface area contributed by atoms with Gasteiger partial charge in [0, 0.05) is 18.6 Å². The number of alkyl halides is 1. The van der Waals surface area contributed by atoms with Crippen molar-refractivity contribution >= 4 is 17.6 Å². The number of hydrogen-bond acceptors (Lipinski definition) is 1. The van der Waals surface area contributed by atoms with Crippen LogP contribution in [0.2, 0.25) is 0 Å². The molecule has 0 aromatic carbocycles. The van der Waals surface area contributed by atoms with E-state index in [0.717, 1.165) is 6.42 Å². The van der Waals surface area contributed by atoms with Gasteiger partial charge in [0.25, 0.3) is 0 Å². The Balaban J connectivity index is 3.29. The molecule has 0 fully saturated rings. The third-order valence-electron chi connectivity index (χ3n) is 0.948. The number of hydrogen-bond donors (Lipinski definition) is 2. The lowest BCUT2D eigenvalue weighted by atomic mass is 10.5. The molecule has 0 atom stereocenters. The fourth-order valence-corrected chi connectivity index (χ4v) is 0.559. The first kappa shape index (κ1) is 10.3. The highest BCUT2D eigenvalue weighted by Crippen LogP contribution is 1.76. The van der Waals surface area contributed by atoms with Crippen LogP contribution in [-0.4, -0.2) is 18.5 Å². The van der Waals surface area contributed by atoms with Gasteiger partial charge in [-0.15, -0.1) is 11.6 Å². The second-order valence-electron chi connectivity index (χ2n) is 1.90. The van der Waals surface area contributed by atoms with E-state index in [9.17, 15) is 4.79 Å². The van der Waals surface area contributed by atoms with Crippen LogP contribution in [0.25, 0.3) is 0 Å². The summed E-state index contributed by atoms with van der Waals surface area (Å²) in [6.45, 7) is 2.49. The maximum Gasteiger partial charge on any atom is 0.318 e. The lowest BCUT2D eigenvalue weighted by Crippen LogP contribution is -2.33. The summed E-state index contributed by atoms with van der Waals surface area (Å²) in [6.07, 6.45) is 4.39. The molecule has 0 aliphatic rings. The molecule has 0 radical (unpaired) electrons. The van der Waals surface area contributed by atoms with Crippen LogP contribution in [0, 0.1) is 0 Å². The summed E-state index contributed by atoms with van der Waals surface area (Å²) in [6, 6.07) is -0.213.